The maximum absolute atomic E-state index is 13.6. The molecule has 3 aromatic rings. The Morgan fingerprint density at radius 3 is 2.74 bits per heavy atom. The number of aromatic nitrogens is 1. The number of ether oxygens (including phenoxy) is 1. The Bertz CT molecular complexity index is 1120. The van der Waals surface area contributed by atoms with Crippen molar-refractivity contribution in [1.29, 1.82) is 0 Å². The summed E-state index contributed by atoms with van der Waals surface area (Å²) in [7, 11) is 0. The van der Waals surface area contributed by atoms with Crippen LogP contribution in [0.4, 0.5) is 4.39 Å². The molecule has 0 saturated carbocycles. The van der Waals surface area contributed by atoms with Crippen molar-refractivity contribution in [3.8, 4) is 5.75 Å². The maximum atomic E-state index is 13.6. The Kier molecular flexibility index (Phi) is 5.71. The molecular formula is C26H29FN2O2. The number of aromatic amines is 1. The molecule has 0 bridgehead atoms. The van der Waals surface area contributed by atoms with Crippen LogP contribution in [0.2, 0.25) is 0 Å². The van der Waals surface area contributed by atoms with Crippen LogP contribution in [-0.4, -0.2) is 34.6 Å². The molecule has 4 rings (SSSR count). The molecule has 0 aliphatic carbocycles. The molecule has 0 radical (unpaired) electrons. The van der Waals surface area contributed by atoms with Gasteiger partial charge in [-0.15, -0.1) is 0 Å². The van der Waals surface area contributed by atoms with Crippen molar-refractivity contribution >= 4 is 16.9 Å². The second-order valence-electron chi connectivity index (χ2n) is 9.03. The fourth-order valence-electron chi connectivity index (χ4n) is 4.69. The number of hydrogen-bond acceptors (Lipinski definition) is 3. The van der Waals surface area contributed by atoms with Gasteiger partial charge in [0.25, 0.3) is 0 Å². The lowest BCUT2D eigenvalue weighted by Crippen LogP contribution is -2.53. The third-order valence-electron chi connectivity index (χ3n) is 6.18. The van der Waals surface area contributed by atoms with Gasteiger partial charge in [-0.1, -0.05) is 49.9 Å². The van der Waals surface area contributed by atoms with Crippen LogP contribution in [0, 0.1) is 5.92 Å². The first-order chi connectivity index (χ1) is 14.9. The van der Waals surface area contributed by atoms with Gasteiger partial charge < -0.3 is 9.72 Å². The molecule has 1 aliphatic rings. The molecule has 4 nitrogen and oxygen atoms in total. The lowest BCUT2D eigenvalue weighted by molar-refractivity contribution is -0.129. The van der Waals surface area contributed by atoms with E-state index in [4.69, 9.17) is 4.74 Å². The highest BCUT2D eigenvalue weighted by molar-refractivity contribution is 5.86. The lowest BCUT2D eigenvalue weighted by atomic mass is 9.80. The fourth-order valence-corrected chi connectivity index (χ4v) is 4.69. The van der Waals surface area contributed by atoms with Gasteiger partial charge in [-0.25, -0.2) is 4.79 Å². The molecule has 1 aliphatic heterocycles. The minimum absolute atomic E-state index is 0.115. The number of esters is 1. The zero-order valence-corrected chi connectivity index (χ0v) is 18.3. The third-order valence-corrected chi connectivity index (χ3v) is 6.18. The van der Waals surface area contributed by atoms with Gasteiger partial charge in [-0.3, -0.25) is 9.29 Å². The number of nitrogens with one attached hydrogen (secondary N) is 1. The molecule has 2 atom stereocenters. The van der Waals surface area contributed by atoms with E-state index in [1.165, 1.54) is 17.0 Å². The number of fused-ring (bicyclic) bond motifs is 3. The number of para-hydroxylation sites is 2. The molecule has 1 unspecified atom stereocenters. The predicted molar refractivity (Wildman–Crippen MR) is 122 cm³/mol. The zero-order valence-electron chi connectivity index (χ0n) is 18.3. The predicted octanol–water partition coefficient (Wildman–Crippen LogP) is 5.59. The molecule has 2 aromatic carbocycles. The molecule has 1 N–H and O–H groups in total. The van der Waals surface area contributed by atoms with E-state index in [1.807, 2.05) is 31.2 Å². The summed E-state index contributed by atoms with van der Waals surface area (Å²) in [6.45, 7) is 10.1. The van der Waals surface area contributed by atoms with Crippen molar-refractivity contribution in [2.45, 2.75) is 38.8 Å². The molecule has 1 aromatic heterocycles. The van der Waals surface area contributed by atoms with Gasteiger partial charge in [0.15, 0.2) is 0 Å². The normalized spacial score (nSPS) is 19.0. The van der Waals surface area contributed by atoms with Gasteiger partial charge in [0.05, 0.1) is 12.7 Å². The molecule has 0 fully saturated rings. The standard InChI is InChI=1S/C26H29FN2O2/c1-5-23(30)31-22-13-9-7-11-19(22)25-24-20(18-10-6-8-12-21(18)28-24)14-26(3,4)29(25)16-17(2)15-27/h5-13,17,25,28H,1,14-16H2,2-4H3/t17-,25?/m1/s1. The largest absolute Gasteiger partial charge is 0.423 e. The van der Waals surface area contributed by atoms with Crippen molar-refractivity contribution < 1.29 is 13.9 Å². The van der Waals surface area contributed by atoms with Gasteiger partial charge in [0.1, 0.15) is 5.75 Å². The van der Waals surface area contributed by atoms with Crippen molar-refractivity contribution in [3.05, 3.63) is 78.0 Å². The van der Waals surface area contributed by atoms with E-state index >= 15 is 0 Å². The second kappa shape index (κ2) is 8.31. The fraction of sp³-hybridized carbons (Fsp3) is 0.346. The van der Waals surface area contributed by atoms with E-state index < -0.39 is 5.97 Å². The molecule has 0 amide bonds. The molecule has 5 heteroatoms. The summed E-state index contributed by atoms with van der Waals surface area (Å²) in [4.78, 5) is 18.0. The summed E-state index contributed by atoms with van der Waals surface area (Å²) in [6, 6.07) is 15.7. The summed E-state index contributed by atoms with van der Waals surface area (Å²) in [5.41, 5.74) is 4.08. The lowest BCUT2D eigenvalue weighted by Gasteiger charge is -2.49. The highest BCUT2D eigenvalue weighted by Gasteiger charge is 2.43. The number of hydrogen-bond donors (Lipinski definition) is 1. The van der Waals surface area contributed by atoms with Crippen molar-refractivity contribution in [1.82, 2.24) is 9.88 Å². The van der Waals surface area contributed by atoms with Crippen LogP contribution < -0.4 is 4.74 Å². The molecular weight excluding hydrogens is 391 g/mol. The van der Waals surface area contributed by atoms with Crippen molar-refractivity contribution in [2.24, 2.45) is 5.92 Å². The van der Waals surface area contributed by atoms with Crippen molar-refractivity contribution in [3.63, 3.8) is 0 Å². The monoisotopic (exact) mass is 420 g/mol. The Labute approximate surface area is 182 Å². The van der Waals surface area contributed by atoms with Crippen molar-refractivity contribution in [2.75, 3.05) is 13.2 Å². The topological polar surface area (TPSA) is 45.3 Å². The number of alkyl halides is 1. The summed E-state index contributed by atoms with van der Waals surface area (Å²) >= 11 is 0. The molecule has 31 heavy (non-hydrogen) atoms. The summed E-state index contributed by atoms with van der Waals surface area (Å²) in [5.74, 6) is -0.115. The highest BCUT2D eigenvalue weighted by atomic mass is 19.1. The zero-order chi connectivity index (χ0) is 22.2. The number of benzene rings is 2. The smallest absolute Gasteiger partial charge is 0.335 e. The third kappa shape index (κ3) is 3.90. The van der Waals surface area contributed by atoms with Crippen LogP contribution in [0.15, 0.2) is 61.2 Å². The molecule has 0 spiro atoms. The maximum Gasteiger partial charge on any atom is 0.335 e. The van der Waals surface area contributed by atoms with Gasteiger partial charge in [0.2, 0.25) is 0 Å². The van der Waals surface area contributed by atoms with E-state index in [-0.39, 0.29) is 24.2 Å². The first-order valence-electron chi connectivity index (χ1n) is 10.7. The number of halogens is 1. The Morgan fingerprint density at radius 2 is 2.00 bits per heavy atom. The number of carbonyl (C=O) groups excluding carboxylic acids is 1. The van der Waals surface area contributed by atoms with Gasteiger partial charge in [-0.2, -0.15) is 0 Å². The summed E-state index contributed by atoms with van der Waals surface area (Å²) in [5, 5.41) is 1.20. The van der Waals surface area contributed by atoms with Crippen LogP contribution in [0.3, 0.4) is 0 Å². The van der Waals surface area contributed by atoms with E-state index in [9.17, 15) is 9.18 Å². The minimum Gasteiger partial charge on any atom is -0.423 e. The Balaban J connectivity index is 1.94. The Hall–Kier alpha value is -2.92. The van der Waals surface area contributed by atoms with Crippen LogP contribution >= 0.6 is 0 Å². The molecule has 0 saturated heterocycles. The molecule has 2 heterocycles. The summed E-state index contributed by atoms with van der Waals surface area (Å²) in [6.07, 6.45) is 2.01. The van der Waals surface area contributed by atoms with Gasteiger partial charge in [0, 0.05) is 40.3 Å². The number of nitrogens with zero attached hydrogens (tertiary/aromatic N) is 1. The average Bonchev–Trinajstić information content (AvgIpc) is 3.12. The van der Waals surface area contributed by atoms with Gasteiger partial charge in [-0.05, 0) is 43.9 Å². The number of rotatable bonds is 6. The van der Waals surface area contributed by atoms with Crippen LogP contribution in [0.5, 0.6) is 5.75 Å². The quantitative estimate of drug-likeness (QED) is 0.321. The van der Waals surface area contributed by atoms with E-state index in [2.05, 4.69) is 48.5 Å². The summed E-state index contributed by atoms with van der Waals surface area (Å²) < 4.78 is 19.2. The van der Waals surface area contributed by atoms with E-state index in [0.29, 0.717) is 12.3 Å². The average molecular weight is 421 g/mol. The number of carbonyl (C=O) groups is 1. The van der Waals surface area contributed by atoms with Crippen LogP contribution in [0.1, 0.15) is 43.6 Å². The highest BCUT2D eigenvalue weighted by Crippen LogP contribution is 2.47. The first kappa shape index (κ1) is 21.3. The number of H-pyrrole nitrogens is 1. The van der Waals surface area contributed by atoms with E-state index in [0.717, 1.165) is 23.2 Å². The Morgan fingerprint density at radius 1 is 1.29 bits per heavy atom. The van der Waals surface area contributed by atoms with Crippen LogP contribution in [0.25, 0.3) is 10.9 Å². The molecule has 162 valence electrons. The van der Waals surface area contributed by atoms with Gasteiger partial charge >= 0.3 is 5.97 Å². The SMILES string of the molecule is C=CC(=O)Oc1ccccc1C1c2[nH]c3ccccc3c2CC(C)(C)N1C[C@H](C)CF. The van der Waals surface area contributed by atoms with Crippen LogP contribution in [-0.2, 0) is 11.2 Å². The second-order valence-corrected chi connectivity index (χ2v) is 9.03. The minimum atomic E-state index is -0.497. The van der Waals surface area contributed by atoms with E-state index in [1.54, 1.807) is 6.07 Å². The first-order valence-corrected chi connectivity index (χ1v) is 10.7.